The lowest BCUT2D eigenvalue weighted by Gasteiger charge is -2.03. The number of esters is 1. The van der Waals surface area contributed by atoms with E-state index in [1.807, 2.05) is 6.92 Å². The van der Waals surface area contributed by atoms with Gasteiger partial charge in [-0.1, -0.05) is 156 Å². The lowest BCUT2D eigenvalue weighted by atomic mass is 10.0. The molecular weight excluding hydrogens is 368 g/mol. The molecule has 0 bridgehead atoms. The van der Waals surface area contributed by atoms with Crippen LogP contribution in [0.15, 0.2) is 0 Å². The molecule has 0 heterocycles. The van der Waals surface area contributed by atoms with E-state index < -0.39 is 0 Å². The first kappa shape index (κ1) is 31.7. The van der Waals surface area contributed by atoms with Crippen molar-refractivity contribution in [1.29, 1.82) is 0 Å². The summed E-state index contributed by atoms with van der Waals surface area (Å²) in [7, 11) is 0. The van der Waals surface area contributed by atoms with Crippen LogP contribution in [0.3, 0.4) is 0 Å². The van der Waals surface area contributed by atoms with E-state index in [9.17, 15) is 4.79 Å². The highest BCUT2D eigenvalue weighted by atomic mass is 16.5. The summed E-state index contributed by atoms with van der Waals surface area (Å²) in [6.45, 7) is 8.93. The fourth-order valence-electron chi connectivity index (χ4n) is 3.65. The number of rotatable bonds is 22. The zero-order valence-corrected chi connectivity index (χ0v) is 21.6. The molecule has 0 amide bonds. The first-order valence-electron chi connectivity index (χ1n) is 13.9. The van der Waals surface area contributed by atoms with E-state index in [-0.39, 0.29) is 5.97 Å². The maximum absolute atomic E-state index is 10.3. The Kier molecular flexibility index (Phi) is 32.4. The minimum absolute atomic E-state index is 0.105. The van der Waals surface area contributed by atoms with Gasteiger partial charge < -0.3 is 4.74 Å². The molecule has 0 N–H and O–H groups in total. The topological polar surface area (TPSA) is 26.3 Å². The summed E-state index contributed by atoms with van der Waals surface area (Å²) in [5, 5.41) is 0. The molecule has 0 saturated carbocycles. The zero-order chi connectivity index (χ0) is 22.5. The number of carbonyl (C=O) groups is 1. The average molecular weight is 427 g/mol. The SMILES string of the molecule is CCCCCCCCCCCCCCCCCCCCCC.CCCOC(=O)CC. The van der Waals surface area contributed by atoms with Crippen molar-refractivity contribution in [2.24, 2.45) is 0 Å². The van der Waals surface area contributed by atoms with E-state index in [1.54, 1.807) is 6.92 Å². The van der Waals surface area contributed by atoms with Crippen LogP contribution < -0.4 is 0 Å². The number of carbonyl (C=O) groups excluding carboxylic acids is 1. The molecule has 30 heavy (non-hydrogen) atoms. The predicted molar refractivity (Wildman–Crippen MR) is 135 cm³/mol. The van der Waals surface area contributed by atoms with Gasteiger partial charge in [0.15, 0.2) is 0 Å². The normalized spacial score (nSPS) is 10.5. The second kappa shape index (κ2) is 30.7. The Balaban J connectivity index is 0. The summed E-state index contributed by atoms with van der Waals surface area (Å²) in [5.41, 5.74) is 0. The second-order valence-electron chi connectivity index (χ2n) is 8.94. The van der Waals surface area contributed by atoms with Crippen molar-refractivity contribution in [3.05, 3.63) is 0 Å². The van der Waals surface area contributed by atoms with Crippen molar-refractivity contribution in [3.8, 4) is 0 Å². The second-order valence-corrected chi connectivity index (χ2v) is 8.94. The molecule has 2 nitrogen and oxygen atoms in total. The number of ether oxygens (including phenoxy) is 1. The molecule has 182 valence electrons. The molecule has 0 aliphatic rings. The van der Waals surface area contributed by atoms with Gasteiger partial charge >= 0.3 is 5.97 Å². The van der Waals surface area contributed by atoms with Gasteiger partial charge in [-0.15, -0.1) is 0 Å². The third-order valence-electron chi connectivity index (χ3n) is 5.71. The van der Waals surface area contributed by atoms with Gasteiger partial charge in [-0.3, -0.25) is 4.79 Å². The Hall–Kier alpha value is -0.530. The van der Waals surface area contributed by atoms with E-state index >= 15 is 0 Å². The van der Waals surface area contributed by atoms with E-state index in [4.69, 9.17) is 4.74 Å². The molecule has 0 unspecified atom stereocenters. The first-order chi connectivity index (χ1) is 14.7. The van der Waals surface area contributed by atoms with Crippen molar-refractivity contribution in [2.75, 3.05) is 6.61 Å². The summed E-state index contributed by atoms with van der Waals surface area (Å²) >= 11 is 0. The van der Waals surface area contributed by atoms with Crippen LogP contribution in [0.1, 0.15) is 169 Å². The van der Waals surface area contributed by atoms with Gasteiger partial charge in [0.2, 0.25) is 0 Å². The number of hydrogen-bond acceptors (Lipinski definition) is 2. The van der Waals surface area contributed by atoms with Crippen LogP contribution in [-0.2, 0) is 9.53 Å². The maximum atomic E-state index is 10.3. The molecule has 0 atom stereocenters. The smallest absolute Gasteiger partial charge is 0.305 e. The Morgan fingerprint density at radius 2 is 0.700 bits per heavy atom. The molecule has 2 heteroatoms. The fraction of sp³-hybridized carbons (Fsp3) is 0.964. The van der Waals surface area contributed by atoms with Gasteiger partial charge in [0.1, 0.15) is 0 Å². The summed E-state index contributed by atoms with van der Waals surface area (Å²) in [5.74, 6) is -0.105. The third kappa shape index (κ3) is 32.1. The van der Waals surface area contributed by atoms with Crippen molar-refractivity contribution in [2.45, 2.75) is 169 Å². The van der Waals surface area contributed by atoms with Crippen LogP contribution in [-0.4, -0.2) is 12.6 Å². The van der Waals surface area contributed by atoms with Crippen molar-refractivity contribution in [1.82, 2.24) is 0 Å². The largest absolute Gasteiger partial charge is 0.466 e. The highest BCUT2D eigenvalue weighted by molar-refractivity contribution is 5.68. The van der Waals surface area contributed by atoms with Gasteiger partial charge in [0, 0.05) is 6.42 Å². The molecule has 0 spiro atoms. The molecule has 0 saturated heterocycles. The Morgan fingerprint density at radius 1 is 0.433 bits per heavy atom. The molecule has 0 aromatic rings. The van der Waals surface area contributed by atoms with Gasteiger partial charge in [0.05, 0.1) is 6.61 Å². The fourth-order valence-corrected chi connectivity index (χ4v) is 3.65. The lowest BCUT2D eigenvalue weighted by molar-refractivity contribution is -0.143. The van der Waals surface area contributed by atoms with Crippen LogP contribution in [0, 0.1) is 0 Å². The molecule has 0 aromatic carbocycles. The van der Waals surface area contributed by atoms with E-state index in [1.165, 1.54) is 128 Å². The van der Waals surface area contributed by atoms with E-state index in [0.717, 1.165) is 6.42 Å². The molecule has 0 fully saturated rings. The highest BCUT2D eigenvalue weighted by Gasteiger charge is 1.95. The summed E-state index contributed by atoms with van der Waals surface area (Å²) in [6.07, 6.45) is 30.8. The Bertz CT molecular complexity index is 281. The Labute approximate surface area is 191 Å². The van der Waals surface area contributed by atoms with Crippen LogP contribution >= 0.6 is 0 Å². The minimum Gasteiger partial charge on any atom is -0.466 e. The highest BCUT2D eigenvalue weighted by Crippen LogP contribution is 2.14. The monoisotopic (exact) mass is 426 g/mol. The Morgan fingerprint density at radius 3 is 0.900 bits per heavy atom. The van der Waals surface area contributed by atoms with Gasteiger partial charge in [-0.2, -0.15) is 0 Å². The number of hydrogen-bond donors (Lipinski definition) is 0. The molecule has 0 aromatic heterocycles. The van der Waals surface area contributed by atoms with Crippen LogP contribution in [0.4, 0.5) is 0 Å². The molecule has 0 aliphatic heterocycles. The van der Waals surface area contributed by atoms with Crippen molar-refractivity contribution in [3.63, 3.8) is 0 Å². The quantitative estimate of drug-likeness (QED) is 0.127. The van der Waals surface area contributed by atoms with Crippen LogP contribution in [0.5, 0.6) is 0 Å². The molecular formula is C28H58O2. The first-order valence-corrected chi connectivity index (χ1v) is 13.9. The van der Waals surface area contributed by atoms with Gasteiger partial charge in [-0.25, -0.2) is 0 Å². The van der Waals surface area contributed by atoms with E-state index in [2.05, 4.69) is 13.8 Å². The minimum atomic E-state index is -0.105. The van der Waals surface area contributed by atoms with Crippen LogP contribution in [0.2, 0.25) is 0 Å². The number of unbranched alkanes of at least 4 members (excludes halogenated alkanes) is 19. The van der Waals surface area contributed by atoms with E-state index in [0.29, 0.717) is 13.0 Å². The average Bonchev–Trinajstić information content (AvgIpc) is 2.77. The molecule has 0 radical (unpaired) electrons. The standard InChI is InChI=1S/C22H46.C6H12O2/c1-3-5-7-9-11-13-15-17-19-21-22-20-18-16-14-12-10-8-6-4-2;1-3-5-8-6(7)4-2/h3-22H2,1-2H3;3-5H2,1-2H3. The molecule has 0 rings (SSSR count). The maximum Gasteiger partial charge on any atom is 0.305 e. The zero-order valence-electron chi connectivity index (χ0n) is 21.6. The summed E-state index contributed by atoms with van der Waals surface area (Å²) in [6, 6.07) is 0. The third-order valence-corrected chi connectivity index (χ3v) is 5.71. The molecule has 0 aliphatic carbocycles. The van der Waals surface area contributed by atoms with Gasteiger partial charge in [-0.05, 0) is 6.42 Å². The van der Waals surface area contributed by atoms with Crippen molar-refractivity contribution >= 4 is 5.97 Å². The summed E-state index contributed by atoms with van der Waals surface area (Å²) < 4.78 is 4.70. The summed E-state index contributed by atoms with van der Waals surface area (Å²) in [4.78, 5) is 10.3. The lowest BCUT2D eigenvalue weighted by Crippen LogP contribution is -2.02. The predicted octanol–water partition coefficient (Wildman–Crippen LogP) is 10.2. The van der Waals surface area contributed by atoms with Gasteiger partial charge in [0.25, 0.3) is 0 Å². The van der Waals surface area contributed by atoms with Crippen LogP contribution in [0.25, 0.3) is 0 Å². The van der Waals surface area contributed by atoms with Crippen molar-refractivity contribution < 1.29 is 9.53 Å².